The minimum absolute atomic E-state index is 0.0320. The molecule has 1 aliphatic rings. The predicted molar refractivity (Wildman–Crippen MR) is 68.9 cm³/mol. The first-order valence-corrected chi connectivity index (χ1v) is 7.68. The summed E-state index contributed by atoms with van der Waals surface area (Å²) in [6, 6.07) is 1.89. The van der Waals surface area contributed by atoms with Gasteiger partial charge in [-0.2, -0.15) is 0 Å². The standard InChI is InChI=1S/C12H14FNO5S/c1-19-10-4-2-3-7(13)11(10)8-5-20(17,18)6-9(14-8)12(15)16/h2-4,8-9,14H,5-6H2,1H3,(H,15,16). The van der Waals surface area contributed by atoms with Crippen LogP contribution in [-0.2, 0) is 14.6 Å². The summed E-state index contributed by atoms with van der Waals surface area (Å²) in [6.07, 6.45) is 0. The van der Waals surface area contributed by atoms with Crippen molar-refractivity contribution in [3.63, 3.8) is 0 Å². The highest BCUT2D eigenvalue weighted by atomic mass is 32.2. The summed E-state index contributed by atoms with van der Waals surface area (Å²) in [7, 11) is -2.24. The zero-order valence-electron chi connectivity index (χ0n) is 10.7. The predicted octanol–water partition coefficient (Wildman–Crippen LogP) is 0.347. The molecule has 2 unspecified atom stereocenters. The number of halogens is 1. The number of carboxylic acids is 1. The van der Waals surface area contributed by atoms with E-state index in [-0.39, 0.29) is 17.1 Å². The molecule has 1 heterocycles. The van der Waals surface area contributed by atoms with Gasteiger partial charge in [0.2, 0.25) is 0 Å². The van der Waals surface area contributed by atoms with Crippen LogP contribution in [0, 0.1) is 5.82 Å². The first-order valence-electron chi connectivity index (χ1n) is 5.85. The van der Waals surface area contributed by atoms with Gasteiger partial charge in [0.1, 0.15) is 17.6 Å². The number of carbonyl (C=O) groups is 1. The maximum Gasteiger partial charge on any atom is 0.321 e. The van der Waals surface area contributed by atoms with E-state index in [1.807, 2.05) is 0 Å². The third-order valence-corrected chi connectivity index (χ3v) is 4.81. The number of benzene rings is 1. The van der Waals surface area contributed by atoms with Crippen molar-refractivity contribution in [1.82, 2.24) is 5.32 Å². The Hall–Kier alpha value is -1.67. The van der Waals surface area contributed by atoms with E-state index < -0.39 is 39.5 Å². The fourth-order valence-corrected chi connectivity index (χ4v) is 3.91. The van der Waals surface area contributed by atoms with Crippen molar-refractivity contribution in [2.75, 3.05) is 18.6 Å². The molecular weight excluding hydrogens is 289 g/mol. The van der Waals surface area contributed by atoms with Crippen LogP contribution in [0.3, 0.4) is 0 Å². The Morgan fingerprint density at radius 3 is 2.75 bits per heavy atom. The lowest BCUT2D eigenvalue weighted by atomic mass is 10.0. The summed E-state index contributed by atoms with van der Waals surface area (Å²) in [4.78, 5) is 11.0. The lowest BCUT2D eigenvalue weighted by molar-refractivity contribution is -0.139. The molecule has 1 saturated heterocycles. The van der Waals surface area contributed by atoms with Gasteiger partial charge in [-0.3, -0.25) is 10.1 Å². The number of aliphatic carboxylic acids is 1. The molecule has 1 aliphatic heterocycles. The van der Waals surface area contributed by atoms with Gasteiger partial charge in [-0.25, -0.2) is 12.8 Å². The Bertz CT molecular complexity index is 631. The number of rotatable bonds is 3. The number of hydrogen-bond donors (Lipinski definition) is 2. The number of sulfone groups is 1. The molecule has 0 amide bonds. The van der Waals surface area contributed by atoms with Gasteiger partial charge >= 0.3 is 5.97 Å². The molecule has 0 saturated carbocycles. The molecule has 20 heavy (non-hydrogen) atoms. The second kappa shape index (κ2) is 5.37. The summed E-state index contributed by atoms with van der Waals surface area (Å²) in [5.41, 5.74) is 0.0320. The fourth-order valence-electron chi connectivity index (χ4n) is 2.26. The van der Waals surface area contributed by atoms with Crippen molar-refractivity contribution in [2.24, 2.45) is 0 Å². The highest BCUT2D eigenvalue weighted by molar-refractivity contribution is 7.91. The molecule has 2 N–H and O–H groups in total. The van der Waals surface area contributed by atoms with Crippen molar-refractivity contribution in [1.29, 1.82) is 0 Å². The van der Waals surface area contributed by atoms with Crippen LogP contribution in [0.1, 0.15) is 11.6 Å². The van der Waals surface area contributed by atoms with Crippen molar-refractivity contribution >= 4 is 15.8 Å². The van der Waals surface area contributed by atoms with Crippen LogP contribution in [0.25, 0.3) is 0 Å². The number of carboxylic acid groups (broad SMARTS) is 1. The maximum atomic E-state index is 13.9. The highest BCUT2D eigenvalue weighted by Gasteiger charge is 2.37. The number of hydrogen-bond acceptors (Lipinski definition) is 5. The fraction of sp³-hybridized carbons (Fsp3) is 0.417. The van der Waals surface area contributed by atoms with Gasteiger partial charge in [-0.05, 0) is 12.1 Å². The second-order valence-corrected chi connectivity index (χ2v) is 6.70. The van der Waals surface area contributed by atoms with Crippen LogP contribution in [0.5, 0.6) is 5.75 Å². The maximum absolute atomic E-state index is 13.9. The molecule has 0 bridgehead atoms. The van der Waals surface area contributed by atoms with Crippen LogP contribution in [0.2, 0.25) is 0 Å². The van der Waals surface area contributed by atoms with E-state index in [1.54, 1.807) is 0 Å². The summed E-state index contributed by atoms with van der Waals surface area (Å²) in [6.45, 7) is 0. The molecule has 2 rings (SSSR count). The molecule has 110 valence electrons. The van der Waals surface area contributed by atoms with Gasteiger partial charge in [0.15, 0.2) is 9.84 Å². The van der Waals surface area contributed by atoms with Gasteiger partial charge in [-0.15, -0.1) is 0 Å². The van der Waals surface area contributed by atoms with E-state index >= 15 is 0 Å². The third kappa shape index (κ3) is 2.91. The Kier molecular flexibility index (Phi) is 3.96. The molecule has 0 spiro atoms. The van der Waals surface area contributed by atoms with Gasteiger partial charge in [0.05, 0.1) is 24.7 Å². The van der Waals surface area contributed by atoms with Gasteiger partial charge in [0.25, 0.3) is 0 Å². The monoisotopic (exact) mass is 303 g/mol. The van der Waals surface area contributed by atoms with Crippen molar-refractivity contribution in [2.45, 2.75) is 12.1 Å². The Morgan fingerprint density at radius 2 is 2.15 bits per heavy atom. The van der Waals surface area contributed by atoms with E-state index in [0.717, 1.165) is 0 Å². The largest absolute Gasteiger partial charge is 0.496 e. The van der Waals surface area contributed by atoms with Gasteiger partial charge < -0.3 is 9.84 Å². The van der Waals surface area contributed by atoms with Crippen LogP contribution in [0.4, 0.5) is 4.39 Å². The Balaban J connectivity index is 2.44. The molecular formula is C12H14FNO5S. The molecule has 0 aliphatic carbocycles. The normalized spacial score (nSPS) is 25.1. The first kappa shape index (κ1) is 14.7. The zero-order chi connectivity index (χ0) is 14.9. The Labute approximate surface area is 115 Å². The molecule has 1 fully saturated rings. The minimum Gasteiger partial charge on any atom is -0.496 e. The molecule has 8 heteroatoms. The second-order valence-electron chi connectivity index (χ2n) is 4.54. The van der Waals surface area contributed by atoms with Crippen LogP contribution < -0.4 is 10.1 Å². The average molecular weight is 303 g/mol. The van der Waals surface area contributed by atoms with Crippen LogP contribution >= 0.6 is 0 Å². The molecule has 0 aromatic heterocycles. The number of nitrogens with one attached hydrogen (secondary N) is 1. The summed E-state index contributed by atoms with van der Waals surface area (Å²) in [5.74, 6) is -2.61. The van der Waals surface area contributed by atoms with Crippen molar-refractivity contribution in [3.8, 4) is 5.75 Å². The smallest absolute Gasteiger partial charge is 0.321 e. The van der Waals surface area contributed by atoms with E-state index in [4.69, 9.17) is 9.84 Å². The van der Waals surface area contributed by atoms with E-state index in [0.29, 0.717) is 0 Å². The molecule has 0 radical (unpaired) electrons. The van der Waals surface area contributed by atoms with Crippen LogP contribution in [-0.4, -0.2) is 44.2 Å². The molecule has 6 nitrogen and oxygen atoms in total. The number of methoxy groups -OCH3 is 1. The lowest BCUT2D eigenvalue weighted by Crippen LogP contribution is -2.51. The molecule has 1 aromatic rings. The minimum atomic E-state index is -3.58. The number of ether oxygens (including phenoxy) is 1. The third-order valence-electron chi connectivity index (χ3n) is 3.12. The zero-order valence-corrected chi connectivity index (χ0v) is 11.5. The van der Waals surface area contributed by atoms with E-state index in [9.17, 15) is 17.6 Å². The Morgan fingerprint density at radius 1 is 1.45 bits per heavy atom. The highest BCUT2D eigenvalue weighted by Crippen LogP contribution is 2.31. The van der Waals surface area contributed by atoms with Gasteiger partial charge in [-0.1, -0.05) is 6.07 Å². The van der Waals surface area contributed by atoms with Crippen molar-refractivity contribution in [3.05, 3.63) is 29.6 Å². The molecule has 2 atom stereocenters. The topological polar surface area (TPSA) is 92.7 Å². The summed E-state index contributed by atoms with van der Waals surface area (Å²) in [5, 5.41) is 11.6. The quantitative estimate of drug-likeness (QED) is 0.837. The van der Waals surface area contributed by atoms with Crippen molar-refractivity contribution < 1.29 is 27.4 Å². The van der Waals surface area contributed by atoms with E-state index in [1.165, 1.54) is 25.3 Å². The van der Waals surface area contributed by atoms with Crippen LogP contribution in [0.15, 0.2) is 18.2 Å². The van der Waals surface area contributed by atoms with E-state index in [2.05, 4.69) is 5.32 Å². The average Bonchev–Trinajstić information content (AvgIpc) is 2.36. The molecule has 1 aromatic carbocycles. The summed E-state index contributed by atoms with van der Waals surface area (Å²) < 4.78 is 42.5. The lowest BCUT2D eigenvalue weighted by Gasteiger charge is -2.29. The first-order chi connectivity index (χ1) is 9.34. The van der Waals surface area contributed by atoms with Gasteiger partial charge in [0, 0.05) is 5.56 Å². The summed E-state index contributed by atoms with van der Waals surface area (Å²) >= 11 is 0. The SMILES string of the molecule is COc1cccc(F)c1C1CS(=O)(=O)CC(C(=O)O)N1.